The topological polar surface area (TPSA) is 35.5 Å². The minimum absolute atomic E-state index is 0. The fourth-order valence-electron chi connectivity index (χ4n) is 0.269. The van der Waals surface area contributed by atoms with Gasteiger partial charge in [0.1, 0.15) is 6.61 Å². The van der Waals surface area contributed by atoms with Crippen molar-refractivity contribution in [2.75, 3.05) is 20.3 Å². The molecule has 0 spiro atoms. The quantitative estimate of drug-likeness (QED) is 0.423. The molecular formula is C5H10HgO3. The van der Waals surface area contributed by atoms with E-state index in [1.165, 1.54) is 6.92 Å². The van der Waals surface area contributed by atoms with E-state index < -0.39 is 0 Å². The van der Waals surface area contributed by atoms with Crippen LogP contribution in [-0.2, 0) is 41.9 Å². The van der Waals surface area contributed by atoms with Crippen molar-refractivity contribution >= 4 is 5.97 Å². The molecule has 0 N–H and O–H groups in total. The summed E-state index contributed by atoms with van der Waals surface area (Å²) in [5.41, 5.74) is 0. The molecule has 0 amide bonds. The number of esters is 1. The Labute approximate surface area is 75.2 Å². The van der Waals surface area contributed by atoms with Crippen LogP contribution in [0.1, 0.15) is 6.92 Å². The van der Waals surface area contributed by atoms with Gasteiger partial charge in [0, 0.05) is 41.7 Å². The molecule has 3 nitrogen and oxygen atoms in total. The molecule has 9 heavy (non-hydrogen) atoms. The van der Waals surface area contributed by atoms with Gasteiger partial charge in [0.2, 0.25) is 0 Å². The smallest absolute Gasteiger partial charge is 0.302 e. The van der Waals surface area contributed by atoms with Gasteiger partial charge in [-0.05, 0) is 0 Å². The van der Waals surface area contributed by atoms with E-state index in [0.29, 0.717) is 13.2 Å². The van der Waals surface area contributed by atoms with Crippen molar-refractivity contribution in [2.45, 2.75) is 6.92 Å². The number of hydrogen-bond donors (Lipinski definition) is 0. The van der Waals surface area contributed by atoms with E-state index in [1.807, 2.05) is 0 Å². The molecule has 4 heteroatoms. The first-order valence-corrected chi connectivity index (χ1v) is 2.39. The Balaban J connectivity index is 0. The van der Waals surface area contributed by atoms with Gasteiger partial charge < -0.3 is 9.47 Å². The molecule has 0 aromatic rings. The van der Waals surface area contributed by atoms with Gasteiger partial charge in [-0.3, -0.25) is 4.79 Å². The van der Waals surface area contributed by atoms with E-state index in [4.69, 9.17) is 0 Å². The van der Waals surface area contributed by atoms with Crippen LogP contribution in [0.2, 0.25) is 0 Å². The molecule has 0 radical (unpaired) electrons. The molecule has 0 saturated heterocycles. The van der Waals surface area contributed by atoms with Crippen molar-refractivity contribution in [3.63, 3.8) is 0 Å². The summed E-state index contributed by atoms with van der Waals surface area (Å²) in [5, 5.41) is 0. The predicted molar refractivity (Wildman–Crippen MR) is 28.5 cm³/mol. The Morgan fingerprint density at radius 1 is 1.44 bits per heavy atom. The molecule has 0 aromatic carbocycles. The molecule has 50 valence electrons. The summed E-state index contributed by atoms with van der Waals surface area (Å²) in [6.45, 7) is 2.20. The van der Waals surface area contributed by atoms with Crippen LogP contribution in [0.4, 0.5) is 0 Å². The van der Waals surface area contributed by atoms with Gasteiger partial charge in [0.15, 0.2) is 0 Å². The van der Waals surface area contributed by atoms with Crippen LogP contribution in [0, 0.1) is 0 Å². The Morgan fingerprint density at radius 3 is 2.33 bits per heavy atom. The molecule has 0 unspecified atom stereocenters. The van der Waals surface area contributed by atoms with Crippen molar-refractivity contribution in [1.29, 1.82) is 0 Å². The second-order valence-electron chi connectivity index (χ2n) is 1.33. The van der Waals surface area contributed by atoms with Crippen LogP contribution in [0.15, 0.2) is 0 Å². The Kier molecular flexibility index (Phi) is 11.2. The Bertz CT molecular complexity index is 74.6. The van der Waals surface area contributed by atoms with Gasteiger partial charge in [0.05, 0.1) is 6.61 Å². The summed E-state index contributed by atoms with van der Waals surface area (Å²) in [4.78, 5) is 10.0. The van der Waals surface area contributed by atoms with Crippen LogP contribution < -0.4 is 0 Å². The SMILES string of the molecule is COCCOC(C)=O.[Hg]. The van der Waals surface area contributed by atoms with Gasteiger partial charge in [-0.15, -0.1) is 0 Å². The van der Waals surface area contributed by atoms with Gasteiger partial charge >= 0.3 is 5.97 Å². The maximum absolute atomic E-state index is 10.0. The van der Waals surface area contributed by atoms with Crippen molar-refractivity contribution in [3.05, 3.63) is 0 Å². The third-order valence-electron chi connectivity index (χ3n) is 0.593. The molecule has 0 saturated carbocycles. The largest absolute Gasteiger partial charge is 0.463 e. The van der Waals surface area contributed by atoms with E-state index in [9.17, 15) is 4.79 Å². The van der Waals surface area contributed by atoms with Crippen LogP contribution in [0.5, 0.6) is 0 Å². The van der Waals surface area contributed by atoms with Crippen molar-refractivity contribution < 1.29 is 41.9 Å². The number of rotatable bonds is 3. The molecule has 0 aliphatic rings. The Morgan fingerprint density at radius 2 is 2.00 bits per heavy atom. The van der Waals surface area contributed by atoms with E-state index in [-0.39, 0.29) is 33.6 Å². The van der Waals surface area contributed by atoms with Gasteiger partial charge in [-0.2, -0.15) is 0 Å². The zero-order valence-corrected chi connectivity index (χ0v) is 11.3. The first-order valence-electron chi connectivity index (χ1n) is 2.39. The van der Waals surface area contributed by atoms with E-state index in [1.54, 1.807) is 7.11 Å². The summed E-state index contributed by atoms with van der Waals surface area (Å²) in [6.07, 6.45) is 0. The summed E-state index contributed by atoms with van der Waals surface area (Å²) < 4.78 is 9.13. The number of ether oxygens (including phenoxy) is 2. The molecule has 0 fully saturated rings. The minimum atomic E-state index is -0.262. The van der Waals surface area contributed by atoms with E-state index >= 15 is 0 Å². The molecule has 0 aliphatic carbocycles. The number of hydrogen-bond acceptors (Lipinski definition) is 3. The maximum Gasteiger partial charge on any atom is 0.302 e. The average Bonchev–Trinajstić information content (AvgIpc) is 1.66. The second-order valence-corrected chi connectivity index (χ2v) is 1.33. The zero-order valence-electron chi connectivity index (χ0n) is 5.85. The maximum atomic E-state index is 10.0. The van der Waals surface area contributed by atoms with Gasteiger partial charge in [-0.25, -0.2) is 0 Å². The number of methoxy groups -OCH3 is 1. The molecular weight excluding hydrogens is 309 g/mol. The molecule has 0 bridgehead atoms. The Hall–Kier alpha value is 0.365. The standard InChI is InChI=1S/C5H10O3.Hg/c1-5(6)8-4-3-7-2;/h3-4H2,1-2H3;. The summed E-state index contributed by atoms with van der Waals surface area (Å²) in [6, 6.07) is 0. The second kappa shape index (κ2) is 8.37. The van der Waals surface area contributed by atoms with Crippen LogP contribution >= 0.6 is 0 Å². The minimum Gasteiger partial charge on any atom is -0.463 e. The van der Waals surface area contributed by atoms with Crippen molar-refractivity contribution in [3.8, 4) is 0 Å². The molecule has 0 aromatic heterocycles. The molecule has 0 atom stereocenters. The normalized spacial score (nSPS) is 7.78. The summed E-state index contributed by atoms with van der Waals surface area (Å²) in [5.74, 6) is -0.262. The van der Waals surface area contributed by atoms with Crippen LogP contribution in [0.25, 0.3) is 0 Å². The van der Waals surface area contributed by atoms with E-state index in [2.05, 4.69) is 9.47 Å². The zero-order chi connectivity index (χ0) is 6.41. The van der Waals surface area contributed by atoms with Crippen LogP contribution in [-0.4, -0.2) is 26.3 Å². The predicted octanol–water partition coefficient (Wildman–Crippen LogP) is 0.193. The summed E-state index contributed by atoms with van der Waals surface area (Å²) in [7, 11) is 1.56. The fraction of sp³-hybridized carbons (Fsp3) is 0.800. The van der Waals surface area contributed by atoms with Crippen molar-refractivity contribution in [2.24, 2.45) is 0 Å². The summed E-state index contributed by atoms with van der Waals surface area (Å²) >= 11 is 0. The average molecular weight is 319 g/mol. The van der Waals surface area contributed by atoms with Gasteiger partial charge in [-0.1, -0.05) is 0 Å². The van der Waals surface area contributed by atoms with Gasteiger partial charge in [0.25, 0.3) is 0 Å². The first-order chi connectivity index (χ1) is 3.77. The fourth-order valence-corrected chi connectivity index (χ4v) is 0.269. The third kappa shape index (κ3) is 11.8. The third-order valence-corrected chi connectivity index (χ3v) is 0.593. The van der Waals surface area contributed by atoms with Crippen LogP contribution in [0.3, 0.4) is 0 Å². The number of carbonyl (C=O) groups excluding carboxylic acids is 1. The molecule has 0 rings (SSSR count). The first kappa shape index (κ1) is 12.1. The molecule has 0 aliphatic heterocycles. The number of carbonyl (C=O) groups is 1. The monoisotopic (exact) mass is 320 g/mol. The molecule has 0 heterocycles. The van der Waals surface area contributed by atoms with Crippen molar-refractivity contribution in [1.82, 2.24) is 0 Å². The van der Waals surface area contributed by atoms with E-state index in [0.717, 1.165) is 0 Å².